The third-order valence-electron chi connectivity index (χ3n) is 4.74. The molecule has 4 rings (SSSR count). The summed E-state index contributed by atoms with van der Waals surface area (Å²) in [5.74, 6) is 1.73. The van der Waals surface area contributed by atoms with Gasteiger partial charge in [-0.15, -0.1) is 0 Å². The second kappa shape index (κ2) is 7.00. The number of morpholine rings is 1. The molecule has 1 aromatic heterocycles. The Balaban J connectivity index is 1.56. The highest BCUT2D eigenvalue weighted by Gasteiger charge is 2.35. The van der Waals surface area contributed by atoms with Crippen LogP contribution >= 0.6 is 0 Å². The van der Waals surface area contributed by atoms with Gasteiger partial charge in [0.1, 0.15) is 0 Å². The van der Waals surface area contributed by atoms with Gasteiger partial charge in [-0.25, -0.2) is 13.1 Å². The summed E-state index contributed by atoms with van der Waals surface area (Å²) in [5.41, 5.74) is 0. The number of nitrogens with zero attached hydrogens (tertiary/aromatic N) is 5. The van der Waals surface area contributed by atoms with E-state index in [4.69, 9.17) is 4.74 Å². The minimum absolute atomic E-state index is 0.111. The van der Waals surface area contributed by atoms with Crippen LogP contribution < -0.4 is 14.5 Å². The smallest absolute Gasteiger partial charge is 0.230 e. The van der Waals surface area contributed by atoms with Gasteiger partial charge in [0.05, 0.1) is 25.0 Å². The van der Waals surface area contributed by atoms with E-state index in [2.05, 4.69) is 29.5 Å². The summed E-state index contributed by atoms with van der Waals surface area (Å²) in [4.78, 5) is 17.9. The van der Waals surface area contributed by atoms with Crippen LogP contribution in [-0.4, -0.2) is 68.0 Å². The number of anilines is 2. The molecule has 3 fully saturated rings. The summed E-state index contributed by atoms with van der Waals surface area (Å²) in [6.45, 7) is 4.73. The number of sulfonamides is 1. The van der Waals surface area contributed by atoms with Gasteiger partial charge in [0, 0.05) is 26.2 Å². The molecule has 0 bridgehead atoms. The topological polar surface area (TPSA) is 101 Å². The standard InChI is InChI=1S/C15H24N6O3S/c22-25(23,12-3-4-12)16-11-13-17-14(20-5-1-2-6-20)19-15(18-13)21-7-9-24-10-8-21/h12,16H,1-11H2. The fourth-order valence-electron chi connectivity index (χ4n) is 3.10. The van der Waals surface area contributed by atoms with E-state index in [1.807, 2.05) is 0 Å². The van der Waals surface area contributed by atoms with E-state index in [0.717, 1.165) is 51.9 Å². The van der Waals surface area contributed by atoms with Gasteiger partial charge in [0.15, 0.2) is 5.82 Å². The molecule has 1 aromatic rings. The Labute approximate surface area is 147 Å². The normalized spacial score (nSPS) is 21.8. The van der Waals surface area contributed by atoms with Crippen LogP contribution in [0.5, 0.6) is 0 Å². The Morgan fingerprint density at radius 3 is 2.16 bits per heavy atom. The highest BCUT2D eigenvalue weighted by atomic mass is 32.2. The molecule has 138 valence electrons. The van der Waals surface area contributed by atoms with E-state index in [9.17, 15) is 8.42 Å². The Morgan fingerprint density at radius 2 is 1.56 bits per heavy atom. The molecule has 1 aliphatic carbocycles. The highest BCUT2D eigenvalue weighted by Crippen LogP contribution is 2.27. The number of aromatic nitrogens is 3. The van der Waals surface area contributed by atoms with Crippen molar-refractivity contribution in [2.75, 3.05) is 49.2 Å². The molecule has 0 aromatic carbocycles. The summed E-state index contributed by atoms with van der Waals surface area (Å²) < 4.78 is 32.2. The Kier molecular flexibility index (Phi) is 4.74. The van der Waals surface area contributed by atoms with Crippen molar-refractivity contribution in [3.8, 4) is 0 Å². The molecule has 0 radical (unpaired) electrons. The lowest BCUT2D eigenvalue weighted by atomic mass is 10.4. The summed E-state index contributed by atoms with van der Waals surface area (Å²) in [7, 11) is -3.25. The molecule has 1 saturated carbocycles. The summed E-state index contributed by atoms with van der Waals surface area (Å²) >= 11 is 0. The van der Waals surface area contributed by atoms with Crippen molar-refractivity contribution in [3.05, 3.63) is 5.82 Å². The first-order chi connectivity index (χ1) is 12.1. The molecule has 10 heteroatoms. The van der Waals surface area contributed by atoms with Crippen molar-refractivity contribution < 1.29 is 13.2 Å². The number of hydrogen-bond donors (Lipinski definition) is 1. The molecule has 0 atom stereocenters. The van der Waals surface area contributed by atoms with Gasteiger partial charge in [-0.1, -0.05) is 0 Å². The van der Waals surface area contributed by atoms with Crippen LogP contribution in [0.25, 0.3) is 0 Å². The first kappa shape index (κ1) is 16.9. The third-order valence-corrected chi connectivity index (χ3v) is 6.63. The fraction of sp³-hybridized carbons (Fsp3) is 0.800. The van der Waals surface area contributed by atoms with Crippen LogP contribution in [0.2, 0.25) is 0 Å². The predicted octanol–water partition coefficient (Wildman–Crippen LogP) is -0.110. The molecule has 1 N–H and O–H groups in total. The molecule has 0 spiro atoms. The molecular formula is C15H24N6O3S. The van der Waals surface area contributed by atoms with E-state index >= 15 is 0 Å². The van der Waals surface area contributed by atoms with Crippen molar-refractivity contribution in [1.29, 1.82) is 0 Å². The van der Waals surface area contributed by atoms with Crippen LogP contribution in [0.1, 0.15) is 31.5 Å². The second-order valence-electron chi connectivity index (χ2n) is 6.71. The van der Waals surface area contributed by atoms with Crippen molar-refractivity contribution in [2.24, 2.45) is 0 Å². The number of rotatable bonds is 6. The quantitative estimate of drug-likeness (QED) is 0.742. The molecule has 3 heterocycles. The van der Waals surface area contributed by atoms with E-state index < -0.39 is 10.0 Å². The van der Waals surface area contributed by atoms with Gasteiger partial charge >= 0.3 is 0 Å². The number of nitrogens with one attached hydrogen (secondary N) is 1. The van der Waals surface area contributed by atoms with Crippen LogP contribution in [0.15, 0.2) is 0 Å². The Bertz CT molecular complexity index is 712. The van der Waals surface area contributed by atoms with E-state index in [-0.39, 0.29) is 11.8 Å². The van der Waals surface area contributed by atoms with Crippen molar-refractivity contribution in [2.45, 2.75) is 37.5 Å². The predicted molar refractivity (Wildman–Crippen MR) is 93.1 cm³/mol. The van der Waals surface area contributed by atoms with Gasteiger partial charge in [-0.2, -0.15) is 15.0 Å². The third kappa shape index (κ3) is 4.01. The first-order valence-corrected chi connectivity index (χ1v) is 10.5. The average molecular weight is 368 g/mol. The lowest BCUT2D eigenvalue weighted by Crippen LogP contribution is -2.38. The maximum absolute atomic E-state index is 12.1. The molecule has 25 heavy (non-hydrogen) atoms. The Morgan fingerprint density at radius 1 is 0.960 bits per heavy atom. The van der Waals surface area contributed by atoms with Gasteiger partial charge in [-0.3, -0.25) is 0 Å². The van der Waals surface area contributed by atoms with Crippen molar-refractivity contribution in [1.82, 2.24) is 19.7 Å². The van der Waals surface area contributed by atoms with Gasteiger partial charge in [-0.05, 0) is 25.7 Å². The minimum Gasteiger partial charge on any atom is -0.378 e. The van der Waals surface area contributed by atoms with Crippen molar-refractivity contribution >= 4 is 21.9 Å². The minimum atomic E-state index is -3.25. The molecule has 3 aliphatic rings. The average Bonchev–Trinajstić information content (AvgIpc) is 3.37. The zero-order chi connectivity index (χ0) is 17.3. The monoisotopic (exact) mass is 368 g/mol. The largest absolute Gasteiger partial charge is 0.378 e. The van der Waals surface area contributed by atoms with E-state index in [1.54, 1.807) is 0 Å². The molecule has 9 nitrogen and oxygen atoms in total. The van der Waals surface area contributed by atoms with Crippen LogP contribution in [-0.2, 0) is 21.3 Å². The molecular weight excluding hydrogens is 344 g/mol. The summed E-state index contributed by atoms with van der Waals surface area (Å²) in [5, 5.41) is -0.244. The maximum atomic E-state index is 12.1. The molecule has 0 unspecified atom stereocenters. The number of hydrogen-bond acceptors (Lipinski definition) is 8. The van der Waals surface area contributed by atoms with Crippen molar-refractivity contribution in [3.63, 3.8) is 0 Å². The van der Waals surface area contributed by atoms with Gasteiger partial charge in [0.2, 0.25) is 21.9 Å². The van der Waals surface area contributed by atoms with Gasteiger partial charge < -0.3 is 14.5 Å². The lowest BCUT2D eigenvalue weighted by Gasteiger charge is -2.28. The number of ether oxygens (including phenoxy) is 1. The zero-order valence-corrected chi connectivity index (χ0v) is 15.0. The van der Waals surface area contributed by atoms with Gasteiger partial charge in [0.25, 0.3) is 0 Å². The molecule has 2 saturated heterocycles. The van der Waals surface area contributed by atoms with Crippen LogP contribution in [0, 0.1) is 0 Å². The highest BCUT2D eigenvalue weighted by molar-refractivity contribution is 7.90. The fourth-order valence-corrected chi connectivity index (χ4v) is 4.42. The Hall–Kier alpha value is -1.52. The van der Waals surface area contributed by atoms with Crippen LogP contribution in [0.3, 0.4) is 0 Å². The molecule has 0 amide bonds. The summed E-state index contributed by atoms with van der Waals surface area (Å²) in [6, 6.07) is 0. The van der Waals surface area contributed by atoms with Crippen LogP contribution in [0.4, 0.5) is 11.9 Å². The van der Waals surface area contributed by atoms with E-state index in [1.165, 1.54) is 0 Å². The maximum Gasteiger partial charge on any atom is 0.230 e. The summed E-state index contributed by atoms with van der Waals surface area (Å²) in [6.07, 6.45) is 3.74. The zero-order valence-electron chi connectivity index (χ0n) is 14.2. The second-order valence-corrected chi connectivity index (χ2v) is 8.76. The SMILES string of the molecule is O=S(=O)(NCc1nc(N2CCCC2)nc(N2CCOCC2)n1)C1CC1. The lowest BCUT2D eigenvalue weighted by molar-refractivity contribution is 0.122. The first-order valence-electron chi connectivity index (χ1n) is 8.93. The molecule has 2 aliphatic heterocycles. The van der Waals surface area contributed by atoms with E-state index in [0.29, 0.717) is 30.9 Å².